The van der Waals surface area contributed by atoms with Crippen LogP contribution in [0.25, 0.3) is 10.8 Å². The molecule has 4 N–H and O–H groups in total. The molecule has 0 radical (unpaired) electrons. The van der Waals surface area contributed by atoms with Crippen LogP contribution in [0.5, 0.6) is 0 Å². The SMILES string of the molecule is CC(C)c1c(S(=O)(=O)O)c(S(=O)(=O)O)c2ccccc2c1C(C)C.c1ccc(C2=NN(c3ccccc3)N(c3ccccc3)N2)cc1.c1ccc(C2=NN(c3ccccc3)N(c3ccccc3)N2)cc1. The van der Waals surface area contributed by atoms with Crippen LogP contribution in [0.2, 0.25) is 0 Å². The highest BCUT2D eigenvalue weighted by molar-refractivity contribution is 7.89. The van der Waals surface area contributed by atoms with Crippen molar-refractivity contribution in [2.75, 3.05) is 20.5 Å². The van der Waals surface area contributed by atoms with E-state index in [0.29, 0.717) is 10.9 Å². The van der Waals surface area contributed by atoms with E-state index in [9.17, 15) is 25.9 Å². The van der Waals surface area contributed by atoms with Crippen molar-refractivity contribution in [1.29, 1.82) is 0 Å². The molecule has 8 aromatic carbocycles. The Morgan fingerprint density at radius 1 is 0.386 bits per heavy atom. The number of hydrazine groups is 4. The number of nitrogens with zero attached hydrogens (tertiary/aromatic N) is 6. The van der Waals surface area contributed by atoms with Crippen molar-refractivity contribution in [3.8, 4) is 0 Å². The Morgan fingerprint density at radius 2 is 0.686 bits per heavy atom. The predicted molar refractivity (Wildman–Crippen MR) is 280 cm³/mol. The van der Waals surface area contributed by atoms with Crippen LogP contribution < -0.4 is 31.3 Å². The molecule has 16 heteroatoms. The van der Waals surface area contributed by atoms with Crippen molar-refractivity contribution in [2.45, 2.75) is 49.3 Å². The Kier molecular flexibility index (Phi) is 14.6. The molecule has 0 fully saturated rings. The second-order valence-corrected chi connectivity index (χ2v) is 19.4. The van der Waals surface area contributed by atoms with Crippen molar-refractivity contribution in [2.24, 2.45) is 10.2 Å². The number of hydrazone groups is 2. The number of amidine groups is 2. The van der Waals surface area contributed by atoms with Gasteiger partial charge in [-0.05, 0) is 76.9 Å². The van der Waals surface area contributed by atoms with Crippen LogP contribution >= 0.6 is 0 Å². The van der Waals surface area contributed by atoms with Gasteiger partial charge in [-0.2, -0.15) is 37.3 Å². The largest absolute Gasteiger partial charge is 0.296 e. The van der Waals surface area contributed by atoms with Crippen molar-refractivity contribution in [1.82, 2.24) is 10.9 Å². The maximum atomic E-state index is 12.0. The molecule has 2 heterocycles. The lowest BCUT2D eigenvalue weighted by atomic mass is 9.86. The summed E-state index contributed by atoms with van der Waals surface area (Å²) in [5, 5.41) is 17.7. The van der Waals surface area contributed by atoms with E-state index in [1.54, 1.807) is 32.0 Å². The van der Waals surface area contributed by atoms with E-state index in [-0.39, 0.29) is 22.8 Å². The quantitative estimate of drug-likeness (QED) is 0.0958. The van der Waals surface area contributed by atoms with Gasteiger partial charge in [-0.15, -0.1) is 10.2 Å². The molecule has 8 aromatic rings. The third-order valence-corrected chi connectivity index (χ3v) is 13.1. The van der Waals surface area contributed by atoms with Crippen LogP contribution in [0, 0.1) is 0 Å². The van der Waals surface area contributed by atoms with E-state index >= 15 is 0 Å². The van der Waals surface area contributed by atoms with Gasteiger partial charge in [0.05, 0.1) is 22.7 Å². The number of hydrogen-bond acceptors (Lipinski definition) is 12. The van der Waals surface area contributed by atoms with Gasteiger partial charge in [0.15, 0.2) is 11.7 Å². The average molecular weight is 973 g/mol. The van der Waals surface area contributed by atoms with Gasteiger partial charge in [0.25, 0.3) is 20.2 Å². The summed E-state index contributed by atoms with van der Waals surface area (Å²) in [5.41, 5.74) is 13.7. The van der Waals surface area contributed by atoms with E-state index in [1.807, 2.05) is 216 Å². The summed E-state index contributed by atoms with van der Waals surface area (Å²) in [6, 6.07) is 67.0. The molecule has 0 bridgehead atoms. The molecule has 0 atom stereocenters. The molecule has 0 spiro atoms. The van der Waals surface area contributed by atoms with Crippen molar-refractivity contribution >= 4 is 65.4 Å². The van der Waals surface area contributed by atoms with Crippen LogP contribution in [-0.2, 0) is 20.2 Å². The monoisotopic (exact) mass is 972 g/mol. The van der Waals surface area contributed by atoms with E-state index in [1.165, 1.54) is 6.07 Å². The van der Waals surface area contributed by atoms with Crippen LogP contribution in [0.4, 0.5) is 22.7 Å². The number of rotatable bonds is 10. The van der Waals surface area contributed by atoms with Gasteiger partial charge in [0, 0.05) is 16.5 Å². The fourth-order valence-electron chi connectivity index (χ4n) is 8.15. The van der Waals surface area contributed by atoms with E-state index < -0.39 is 30.0 Å². The van der Waals surface area contributed by atoms with Crippen LogP contribution in [0.15, 0.2) is 226 Å². The van der Waals surface area contributed by atoms with Crippen LogP contribution in [0.1, 0.15) is 61.8 Å². The molecule has 356 valence electrons. The Balaban J connectivity index is 0.000000141. The number of nitrogens with one attached hydrogen (secondary N) is 2. The molecule has 0 saturated carbocycles. The molecular weight excluding hydrogens is 921 g/mol. The number of hydrogen-bond donors (Lipinski definition) is 4. The fraction of sp³-hybridized carbons (Fsp3) is 0.111. The summed E-state index contributed by atoms with van der Waals surface area (Å²) in [7, 11) is -9.76. The third-order valence-electron chi connectivity index (χ3n) is 11.1. The number of fused-ring (bicyclic) bond motifs is 1. The minimum absolute atomic E-state index is 0.0701. The fourth-order valence-corrected chi connectivity index (χ4v) is 10.5. The molecule has 2 aliphatic heterocycles. The molecule has 0 aromatic heterocycles. The first kappa shape index (κ1) is 48.4. The number of benzene rings is 8. The zero-order valence-electron chi connectivity index (χ0n) is 38.8. The van der Waals surface area contributed by atoms with Gasteiger partial charge in [0.2, 0.25) is 0 Å². The third kappa shape index (κ3) is 10.8. The van der Waals surface area contributed by atoms with Crippen molar-refractivity contribution in [3.05, 3.63) is 229 Å². The van der Waals surface area contributed by atoms with Crippen molar-refractivity contribution in [3.63, 3.8) is 0 Å². The molecular formula is C54H52N8O6S2. The van der Waals surface area contributed by atoms with E-state index in [0.717, 1.165) is 45.5 Å². The standard InChI is InChI=1S/2C19H16N4.C16H20O6S2/c2*1-4-10-16(11-5-1)19-20-22(17-12-6-2-7-13-17)23(21-19)18-14-8-3-9-15-18;1-9(2)13-11-7-5-6-8-12(11)15(23(17,18)19)16(24(20,21)22)14(13)10(3)4/h2*1-15H,(H,20,21);5-10H,1-4H3,(H,17,18,19)(H,20,21,22). The smallest absolute Gasteiger partial charge is 0.282 e. The molecule has 0 unspecified atom stereocenters. The second-order valence-electron chi connectivity index (χ2n) is 16.7. The van der Waals surface area contributed by atoms with Gasteiger partial charge < -0.3 is 0 Å². The highest BCUT2D eigenvalue weighted by Crippen LogP contribution is 2.42. The first-order valence-electron chi connectivity index (χ1n) is 22.5. The predicted octanol–water partition coefficient (Wildman–Crippen LogP) is 11.2. The van der Waals surface area contributed by atoms with Gasteiger partial charge in [-0.25, -0.2) is 0 Å². The minimum atomic E-state index is -4.88. The Hall–Kier alpha value is -8.02. The van der Waals surface area contributed by atoms with Crippen LogP contribution in [0.3, 0.4) is 0 Å². The topological polar surface area (TPSA) is 170 Å². The number of anilines is 4. The Bertz CT molecular complexity index is 3190. The average Bonchev–Trinajstić information content (AvgIpc) is 4.04. The lowest BCUT2D eigenvalue weighted by Gasteiger charge is -2.27. The highest BCUT2D eigenvalue weighted by Gasteiger charge is 2.34. The van der Waals surface area contributed by atoms with Gasteiger partial charge in [-0.3, -0.25) is 20.0 Å². The van der Waals surface area contributed by atoms with Crippen LogP contribution in [-0.4, -0.2) is 37.6 Å². The molecule has 70 heavy (non-hydrogen) atoms. The Labute approximate surface area is 408 Å². The Morgan fingerprint density at radius 3 is 1.01 bits per heavy atom. The molecule has 2 aliphatic rings. The maximum Gasteiger partial charge on any atom is 0.296 e. The van der Waals surface area contributed by atoms with Gasteiger partial charge in [0.1, 0.15) is 9.79 Å². The summed E-state index contributed by atoms with van der Waals surface area (Å²) >= 11 is 0. The summed E-state index contributed by atoms with van der Waals surface area (Å²) in [6.07, 6.45) is 0. The summed E-state index contributed by atoms with van der Waals surface area (Å²) in [4.78, 5) is -1.50. The zero-order valence-corrected chi connectivity index (χ0v) is 40.4. The summed E-state index contributed by atoms with van der Waals surface area (Å²) in [6.45, 7) is 7.12. The van der Waals surface area contributed by atoms with Gasteiger partial charge in [-0.1, -0.05) is 185 Å². The summed E-state index contributed by atoms with van der Waals surface area (Å²) in [5.74, 6) is 1.13. The summed E-state index contributed by atoms with van der Waals surface area (Å²) < 4.78 is 67.3. The van der Waals surface area contributed by atoms with E-state index in [4.69, 9.17) is 10.2 Å². The maximum absolute atomic E-state index is 12.0. The van der Waals surface area contributed by atoms with Crippen molar-refractivity contribution < 1.29 is 25.9 Å². The lowest BCUT2D eigenvalue weighted by molar-refractivity contribution is 0.465. The van der Waals surface area contributed by atoms with Gasteiger partial charge >= 0.3 is 0 Å². The molecule has 0 amide bonds. The normalized spacial score (nSPS) is 13.5. The molecule has 0 saturated heterocycles. The second kappa shape index (κ2) is 21.1. The first-order valence-corrected chi connectivity index (χ1v) is 25.3. The first-order chi connectivity index (χ1) is 33.7. The number of para-hydroxylation sites is 4. The van der Waals surface area contributed by atoms with E-state index in [2.05, 4.69) is 10.9 Å². The highest BCUT2D eigenvalue weighted by atomic mass is 32.2. The minimum Gasteiger partial charge on any atom is -0.282 e. The molecule has 10 rings (SSSR count). The zero-order chi connectivity index (χ0) is 49.4. The molecule has 14 nitrogen and oxygen atoms in total. The molecule has 0 aliphatic carbocycles. The lowest BCUT2D eigenvalue weighted by Crippen LogP contribution is -2.44.